The summed E-state index contributed by atoms with van der Waals surface area (Å²) in [6.07, 6.45) is 3.82. The fraction of sp³-hybridized carbons (Fsp3) is 0.538. The van der Waals surface area contributed by atoms with Crippen molar-refractivity contribution in [3.63, 3.8) is 0 Å². The van der Waals surface area contributed by atoms with Crippen LogP contribution >= 0.6 is 23.4 Å². The van der Waals surface area contributed by atoms with Gasteiger partial charge in [-0.15, -0.1) is 0 Å². The highest BCUT2D eigenvalue weighted by Crippen LogP contribution is 2.20. The number of benzene rings is 1. The number of likely N-dealkylation sites (N-methyl/N-ethyl adjacent to an activating group) is 1. The van der Waals surface area contributed by atoms with Gasteiger partial charge >= 0.3 is 0 Å². The maximum atomic E-state index is 13.8. The first kappa shape index (κ1) is 14.8. The Morgan fingerprint density at radius 3 is 2.88 bits per heavy atom. The molecule has 0 bridgehead atoms. The van der Waals surface area contributed by atoms with Crippen molar-refractivity contribution < 1.29 is 4.39 Å². The fourth-order valence-electron chi connectivity index (χ4n) is 1.80. The van der Waals surface area contributed by atoms with Crippen LogP contribution in [0.1, 0.15) is 18.9 Å². The van der Waals surface area contributed by atoms with Crippen LogP contribution in [0.3, 0.4) is 0 Å². The van der Waals surface area contributed by atoms with Crippen molar-refractivity contribution in [1.82, 2.24) is 5.32 Å². The van der Waals surface area contributed by atoms with E-state index in [0.717, 1.165) is 18.7 Å². The second-order valence-corrected chi connectivity index (χ2v) is 5.35. The van der Waals surface area contributed by atoms with Crippen LogP contribution in [0.25, 0.3) is 0 Å². The molecular formula is C13H19ClFNS. The van der Waals surface area contributed by atoms with Gasteiger partial charge in [-0.25, -0.2) is 4.39 Å². The van der Waals surface area contributed by atoms with Crippen molar-refractivity contribution in [3.8, 4) is 0 Å². The molecule has 17 heavy (non-hydrogen) atoms. The van der Waals surface area contributed by atoms with Crippen LogP contribution in [0, 0.1) is 5.82 Å². The van der Waals surface area contributed by atoms with E-state index in [2.05, 4.69) is 18.5 Å². The van der Waals surface area contributed by atoms with Gasteiger partial charge in [-0.05, 0) is 43.0 Å². The second kappa shape index (κ2) is 7.96. The zero-order chi connectivity index (χ0) is 12.7. The van der Waals surface area contributed by atoms with E-state index in [0.29, 0.717) is 18.0 Å². The molecule has 0 aliphatic carbocycles. The van der Waals surface area contributed by atoms with E-state index in [9.17, 15) is 4.39 Å². The molecule has 1 unspecified atom stereocenters. The molecule has 4 heteroatoms. The predicted molar refractivity (Wildman–Crippen MR) is 75.6 cm³/mol. The van der Waals surface area contributed by atoms with E-state index in [-0.39, 0.29) is 10.8 Å². The van der Waals surface area contributed by atoms with E-state index in [1.165, 1.54) is 0 Å². The molecule has 1 N–H and O–H groups in total. The largest absolute Gasteiger partial charge is 0.314 e. The van der Waals surface area contributed by atoms with E-state index in [1.807, 2.05) is 17.8 Å². The van der Waals surface area contributed by atoms with Gasteiger partial charge in [-0.2, -0.15) is 11.8 Å². The van der Waals surface area contributed by atoms with Gasteiger partial charge in [0.05, 0.1) is 5.02 Å². The Morgan fingerprint density at radius 1 is 1.47 bits per heavy atom. The maximum Gasteiger partial charge on any atom is 0.145 e. The Labute approximate surface area is 112 Å². The minimum absolute atomic E-state index is 0.211. The highest BCUT2D eigenvalue weighted by molar-refractivity contribution is 7.98. The summed E-state index contributed by atoms with van der Waals surface area (Å²) in [4.78, 5) is 0. The molecule has 0 saturated heterocycles. The molecule has 1 atom stereocenters. The number of nitrogens with one attached hydrogen (secondary N) is 1. The number of hydrogen-bond acceptors (Lipinski definition) is 2. The van der Waals surface area contributed by atoms with Crippen molar-refractivity contribution in [3.05, 3.63) is 34.6 Å². The monoisotopic (exact) mass is 275 g/mol. The summed E-state index contributed by atoms with van der Waals surface area (Å²) in [7, 11) is 0. The average molecular weight is 276 g/mol. The summed E-state index contributed by atoms with van der Waals surface area (Å²) in [6, 6.07) is 5.52. The minimum atomic E-state index is -0.277. The highest BCUT2D eigenvalue weighted by atomic mass is 35.5. The fourth-order valence-corrected chi connectivity index (χ4v) is 2.51. The third-order valence-corrected chi connectivity index (χ3v) is 3.60. The summed E-state index contributed by atoms with van der Waals surface area (Å²) in [5, 5.41) is 3.60. The molecule has 1 aromatic carbocycles. The molecule has 0 aliphatic rings. The molecule has 96 valence electrons. The third kappa shape index (κ3) is 4.86. The van der Waals surface area contributed by atoms with Gasteiger partial charge in [-0.1, -0.05) is 30.7 Å². The van der Waals surface area contributed by atoms with Crippen LogP contribution < -0.4 is 5.32 Å². The van der Waals surface area contributed by atoms with Crippen LogP contribution in [0.4, 0.5) is 4.39 Å². The zero-order valence-corrected chi connectivity index (χ0v) is 11.9. The molecule has 1 rings (SSSR count). The van der Waals surface area contributed by atoms with Crippen LogP contribution in [0.2, 0.25) is 5.02 Å². The minimum Gasteiger partial charge on any atom is -0.314 e. The van der Waals surface area contributed by atoms with Crippen molar-refractivity contribution in [2.45, 2.75) is 25.8 Å². The SMILES string of the molecule is CCNC(CCSC)Cc1cccc(Cl)c1F. The Hall–Kier alpha value is -0.250. The van der Waals surface area contributed by atoms with Crippen molar-refractivity contribution in [1.29, 1.82) is 0 Å². The normalized spacial score (nSPS) is 12.7. The van der Waals surface area contributed by atoms with Gasteiger partial charge in [0.15, 0.2) is 0 Å². The smallest absolute Gasteiger partial charge is 0.145 e. The molecular weight excluding hydrogens is 257 g/mol. The van der Waals surface area contributed by atoms with E-state index >= 15 is 0 Å². The topological polar surface area (TPSA) is 12.0 Å². The number of rotatable bonds is 7. The summed E-state index contributed by atoms with van der Waals surface area (Å²) < 4.78 is 13.8. The first-order chi connectivity index (χ1) is 8.19. The Balaban J connectivity index is 2.67. The second-order valence-electron chi connectivity index (χ2n) is 3.95. The van der Waals surface area contributed by atoms with Crippen molar-refractivity contribution in [2.75, 3.05) is 18.6 Å². The number of thioether (sulfide) groups is 1. The van der Waals surface area contributed by atoms with Crippen molar-refractivity contribution >= 4 is 23.4 Å². The van der Waals surface area contributed by atoms with Crippen LogP contribution in [0.5, 0.6) is 0 Å². The molecule has 0 aliphatic heterocycles. The lowest BCUT2D eigenvalue weighted by Crippen LogP contribution is -2.31. The summed E-state index contributed by atoms with van der Waals surface area (Å²) in [5.74, 6) is 0.807. The summed E-state index contributed by atoms with van der Waals surface area (Å²) in [6.45, 7) is 2.97. The first-order valence-electron chi connectivity index (χ1n) is 5.84. The lowest BCUT2D eigenvalue weighted by Gasteiger charge is -2.18. The molecule has 0 saturated carbocycles. The van der Waals surface area contributed by atoms with Gasteiger partial charge in [0, 0.05) is 6.04 Å². The molecule has 0 radical (unpaired) electrons. The molecule has 0 aromatic heterocycles. The van der Waals surface area contributed by atoms with Gasteiger partial charge < -0.3 is 5.32 Å². The Morgan fingerprint density at radius 2 is 2.24 bits per heavy atom. The average Bonchev–Trinajstić information content (AvgIpc) is 2.32. The van der Waals surface area contributed by atoms with Crippen LogP contribution in [-0.4, -0.2) is 24.6 Å². The Kier molecular flexibility index (Phi) is 6.93. The van der Waals surface area contributed by atoms with Gasteiger partial charge in [-0.3, -0.25) is 0 Å². The third-order valence-electron chi connectivity index (χ3n) is 2.66. The quantitative estimate of drug-likeness (QED) is 0.813. The molecule has 1 aromatic rings. The van der Waals surface area contributed by atoms with Gasteiger partial charge in [0.25, 0.3) is 0 Å². The molecule has 0 amide bonds. The molecule has 1 nitrogen and oxygen atoms in total. The summed E-state index contributed by atoms with van der Waals surface area (Å²) >= 11 is 7.59. The van der Waals surface area contributed by atoms with E-state index in [1.54, 1.807) is 12.1 Å². The van der Waals surface area contributed by atoms with Crippen LogP contribution in [-0.2, 0) is 6.42 Å². The first-order valence-corrected chi connectivity index (χ1v) is 7.61. The maximum absolute atomic E-state index is 13.8. The van der Waals surface area contributed by atoms with E-state index < -0.39 is 0 Å². The number of halogens is 2. The van der Waals surface area contributed by atoms with E-state index in [4.69, 9.17) is 11.6 Å². The molecule has 0 fully saturated rings. The molecule has 0 spiro atoms. The highest BCUT2D eigenvalue weighted by Gasteiger charge is 2.12. The van der Waals surface area contributed by atoms with Gasteiger partial charge in [0.1, 0.15) is 5.82 Å². The molecule has 0 heterocycles. The van der Waals surface area contributed by atoms with Crippen molar-refractivity contribution in [2.24, 2.45) is 0 Å². The zero-order valence-electron chi connectivity index (χ0n) is 10.3. The predicted octanol–water partition coefficient (Wildman–Crippen LogP) is 3.75. The van der Waals surface area contributed by atoms with Crippen LogP contribution in [0.15, 0.2) is 18.2 Å². The standard InChI is InChI=1S/C13H19ClFNS/c1-3-16-11(7-8-17-2)9-10-5-4-6-12(14)13(10)15/h4-6,11,16H,3,7-9H2,1-2H3. The lowest BCUT2D eigenvalue weighted by atomic mass is 10.0. The van der Waals surface area contributed by atoms with Gasteiger partial charge in [0.2, 0.25) is 0 Å². The summed E-state index contributed by atoms with van der Waals surface area (Å²) in [5.41, 5.74) is 0.699. The number of hydrogen-bond donors (Lipinski definition) is 1. The lowest BCUT2D eigenvalue weighted by molar-refractivity contribution is 0.499. The Bertz CT molecular complexity index is 346.